The molecule has 0 aliphatic carbocycles. The van der Waals surface area contributed by atoms with Gasteiger partial charge in [-0.25, -0.2) is 9.78 Å². The topological polar surface area (TPSA) is 63.7 Å². The largest absolute Gasteiger partial charge is 0.493 e. The van der Waals surface area contributed by atoms with Gasteiger partial charge in [-0.15, -0.1) is 11.3 Å². The molecule has 0 atom stereocenters. The summed E-state index contributed by atoms with van der Waals surface area (Å²) in [6.45, 7) is 3.08. The summed E-state index contributed by atoms with van der Waals surface area (Å²) in [4.78, 5) is 19.3. The molecular weight excluding hydrogens is 326 g/mol. The number of thiazole rings is 1. The highest BCUT2D eigenvalue weighted by molar-refractivity contribution is 7.09. The van der Waals surface area contributed by atoms with Gasteiger partial charge in [-0.2, -0.15) is 0 Å². The van der Waals surface area contributed by atoms with E-state index in [1.54, 1.807) is 37.5 Å². The van der Waals surface area contributed by atoms with Crippen LogP contribution in [0.2, 0.25) is 0 Å². The van der Waals surface area contributed by atoms with Gasteiger partial charge in [-0.3, -0.25) is 0 Å². The first-order valence-electron chi connectivity index (χ1n) is 7.64. The van der Waals surface area contributed by atoms with Gasteiger partial charge in [0.2, 0.25) is 0 Å². The van der Waals surface area contributed by atoms with Crippen molar-refractivity contribution >= 4 is 17.4 Å². The number of hydrogen-bond donors (Lipinski definition) is 1. The van der Waals surface area contributed by atoms with E-state index in [0.29, 0.717) is 24.6 Å². The van der Waals surface area contributed by atoms with Crippen molar-refractivity contribution in [3.63, 3.8) is 0 Å². The van der Waals surface area contributed by atoms with Crippen LogP contribution in [0.4, 0.5) is 4.79 Å². The van der Waals surface area contributed by atoms with Crippen LogP contribution >= 0.6 is 11.3 Å². The van der Waals surface area contributed by atoms with E-state index in [4.69, 9.17) is 9.47 Å². The van der Waals surface area contributed by atoms with Crippen LogP contribution in [-0.4, -0.2) is 43.7 Å². The second-order valence-electron chi connectivity index (χ2n) is 5.38. The molecule has 0 radical (unpaired) electrons. The fourth-order valence-corrected chi connectivity index (χ4v) is 3.01. The van der Waals surface area contributed by atoms with Gasteiger partial charge in [0.1, 0.15) is 0 Å². The van der Waals surface area contributed by atoms with Crippen molar-refractivity contribution in [3.05, 3.63) is 39.8 Å². The third-order valence-electron chi connectivity index (χ3n) is 3.76. The molecule has 1 aromatic carbocycles. The third kappa shape index (κ3) is 4.61. The third-order valence-corrected chi connectivity index (χ3v) is 4.75. The molecule has 2 amide bonds. The number of aryl methyl sites for hydroxylation is 1. The van der Waals surface area contributed by atoms with Gasteiger partial charge in [-0.1, -0.05) is 6.07 Å². The Hall–Kier alpha value is -2.28. The van der Waals surface area contributed by atoms with Crippen molar-refractivity contribution in [3.8, 4) is 11.5 Å². The van der Waals surface area contributed by atoms with Gasteiger partial charge >= 0.3 is 6.03 Å². The van der Waals surface area contributed by atoms with Crippen molar-refractivity contribution in [1.29, 1.82) is 0 Å². The van der Waals surface area contributed by atoms with E-state index in [9.17, 15) is 4.79 Å². The number of rotatable bonds is 7. The number of likely N-dealkylation sites (N-methyl/N-ethyl adjacent to an activating group) is 1. The summed E-state index contributed by atoms with van der Waals surface area (Å²) in [6, 6.07) is 5.49. The second kappa shape index (κ2) is 8.54. The number of ether oxygens (including phenoxy) is 2. The smallest absolute Gasteiger partial charge is 0.317 e. The molecule has 130 valence electrons. The van der Waals surface area contributed by atoms with E-state index < -0.39 is 0 Å². The minimum atomic E-state index is -0.105. The molecule has 1 aromatic heterocycles. The summed E-state index contributed by atoms with van der Waals surface area (Å²) in [5, 5.41) is 2.91. The van der Waals surface area contributed by atoms with Crippen LogP contribution < -0.4 is 14.8 Å². The van der Waals surface area contributed by atoms with Crippen molar-refractivity contribution in [1.82, 2.24) is 15.2 Å². The Kier molecular flexibility index (Phi) is 6.43. The van der Waals surface area contributed by atoms with E-state index >= 15 is 0 Å². The molecule has 24 heavy (non-hydrogen) atoms. The van der Waals surface area contributed by atoms with E-state index in [1.165, 1.54) is 4.88 Å². The zero-order chi connectivity index (χ0) is 17.5. The fourth-order valence-electron chi connectivity index (χ4n) is 2.24. The predicted octanol–water partition coefficient (Wildman–Crippen LogP) is 2.85. The summed E-state index contributed by atoms with van der Waals surface area (Å²) in [7, 11) is 4.98. The van der Waals surface area contributed by atoms with Gasteiger partial charge in [0.25, 0.3) is 0 Å². The van der Waals surface area contributed by atoms with Gasteiger partial charge in [0.15, 0.2) is 11.5 Å². The molecule has 6 nitrogen and oxygen atoms in total. The summed E-state index contributed by atoms with van der Waals surface area (Å²) in [5.74, 6) is 1.32. The lowest BCUT2D eigenvalue weighted by molar-refractivity contribution is 0.209. The number of nitrogens with one attached hydrogen (secondary N) is 1. The normalized spacial score (nSPS) is 10.3. The lowest BCUT2D eigenvalue weighted by atomic mass is 10.2. The molecule has 0 unspecified atom stereocenters. The van der Waals surface area contributed by atoms with E-state index in [1.807, 2.05) is 30.6 Å². The molecule has 2 aromatic rings. The van der Waals surface area contributed by atoms with Crippen molar-refractivity contribution < 1.29 is 14.3 Å². The quantitative estimate of drug-likeness (QED) is 0.835. The number of nitrogens with zero attached hydrogens (tertiary/aromatic N) is 2. The number of amides is 2. The zero-order valence-corrected chi connectivity index (χ0v) is 15.3. The van der Waals surface area contributed by atoms with Gasteiger partial charge in [0.05, 0.1) is 25.4 Å². The lowest BCUT2D eigenvalue weighted by Gasteiger charge is -2.18. The number of benzene rings is 1. The first-order chi connectivity index (χ1) is 11.5. The number of urea groups is 1. The Morgan fingerprint density at radius 1 is 1.29 bits per heavy atom. The van der Waals surface area contributed by atoms with Crippen LogP contribution in [0.25, 0.3) is 0 Å². The molecule has 0 aliphatic heterocycles. The molecule has 0 bridgehead atoms. The average Bonchev–Trinajstić information content (AvgIpc) is 3.02. The van der Waals surface area contributed by atoms with E-state index in [-0.39, 0.29) is 6.03 Å². The van der Waals surface area contributed by atoms with Gasteiger partial charge < -0.3 is 19.7 Å². The Morgan fingerprint density at radius 2 is 2.04 bits per heavy atom. The fraction of sp³-hybridized carbons (Fsp3) is 0.412. The Labute approximate surface area is 146 Å². The second-order valence-corrected chi connectivity index (χ2v) is 6.32. The first-order valence-corrected chi connectivity index (χ1v) is 8.52. The van der Waals surface area contributed by atoms with Crippen LogP contribution in [-0.2, 0) is 13.0 Å². The standard InChI is InChI=1S/C17H23N3O3S/c1-12-16(24-11-19-12)7-8-20(2)17(21)18-10-13-5-6-14(22-3)15(9-13)23-4/h5-6,9,11H,7-8,10H2,1-4H3,(H,18,21). The number of methoxy groups -OCH3 is 2. The number of aromatic nitrogens is 1. The highest BCUT2D eigenvalue weighted by Crippen LogP contribution is 2.27. The molecule has 0 aliphatic rings. The molecule has 0 fully saturated rings. The Bertz CT molecular complexity index is 687. The minimum Gasteiger partial charge on any atom is -0.493 e. The van der Waals surface area contributed by atoms with E-state index in [0.717, 1.165) is 17.7 Å². The molecule has 0 spiro atoms. The monoisotopic (exact) mass is 349 g/mol. The first kappa shape index (κ1) is 18.1. The van der Waals surface area contributed by atoms with Crippen molar-refractivity contribution in [2.24, 2.45) is 0 Å². The maximum absolute atomic E-state index is 12.2. The highest BCUT2D eigenvalue weighted by atomic mass is 32.1. The average molecular weight is 349 g/mol. The summed E-state index contributed by atoms with van der Waals surface area (Å²) in [6.07, 6.45) is 0.816. The van der Waals surface area contributed by atoms with Crippen LogP contribution in [0.15, 0.2) is 23.7 Å². The van der Waals surface area contributed by atoms with Crippen LogP contribution in [0, 0.1) is 6.92 Å². The summed E-state index contributed by atoms with van der Waals surface area (Å²) < 4.78 is 10.5. The molecule has 1 N–H and O–H groups in total. The molecule has 7 heteroatoms. The van der Waals surface area contributed by atoms with Crippen LogP contribution in [0.3, 0.4) is 0 Å². The van der Waals surface area contributed by atoms with Gasteiger partial charge in [-0.05, 0) is 24.6 Å². The molecule has 0 saturated carbocycles. The number of carbonyl (C=O) groups is 1. The van der Waals surface area contributed by atoms with Crippen molar-refractivity contribution in [2.45, 2.75) is 19.9 Å². The minimum absolute atomic E-state index is 0.105. The molecular formula is C17H23N3O3S. The molecule has 2 rings (SSSR count). The number of hydrogen-bond acceptors (Lipinski definition) is 5. The zero-order valence-electron chi connectivity index (χ0n) is 14.5. The maximum atomic E-state index is 12.2. The summed E-state index contributed by atoms with van der Waals surface area (Å²) in [5.41, 5.74) is 3.83. The van der Waals surface area contributed by atoms with Crippen LogP contribution in [0.1, 0.15) is 16.1 Å². The lowest BCUT2D eigenvalue weighted by Crippen LogP contribution is -2.37. The SMILES string of the molecule is COc1ccc(CNC(=O)N(C)CCc2scnc2C)cc1OC. The Morgan fingerprint density at radius 3 is 2.67 bits per heavy atom. The maximum Gasteiger partial charge on any atom is 0.317 e. The molecule has 1 heterocycles. The van der Waals surface area contributed by atoms with Crippen LogP contribution in [0.5, 0.6) is 11.5 Å². The number of carbonyl (C=O) groups excluding carboxylic acids is 1. The predicted molar refractivity (Wildman–Crippen MR) is 95.0 cm³/mol. The Balaban J connectivity index is 1.84. The molecule has 0 saturated heterocycles. The highest BCUT2D eigenvalue weighted by Gasteiger charge is 2.11. The summed E-state index contributed by atoms with van der Waals surface area (Å²) >= 11 is 1.63. The van der Waals surface area contributed by atoms with E-state index in [2.05, 4.69) is 10.3 Å². The van der Waals surface area contributed by atoms with Crippen molar-refractivity contribution in [2.75, 3.05) is 27.8 Å². The van der Waals surface area contributed by atoms with Gasteiger partial charge in [0, 0.05) is 31.4 Å².